The van der Waals surface area contributed by atoms with Crippen molar-refractivity contribution in [2.75, 3.05) is 19.3 Å². The molecule has 0 spiro atoms. The maximum Gasteiger partial charge on any atom is 0.241 e. The molecule has 2 heterocycles. The Morgan fingerprint density at radius 3 is 2.86 bits per heavy atom. The second-order valence-electron chi connectivity index (χ2n) is 5.24. The number of sulfonamides is 1. The second-order valence-corrected chi connectivity index (χ2v) is 8.98. The first-order valence-corrected chi connectivity index (χ1v) is 9.98. The monoisotopic (exact) mass is 362 g/mol. The summed E-state index contributed by atoms with van der Waals surface area (Å²) in [6.07, 6.45) is 4.06. The van der Waals surface area contributed by atoms with Crippen LogP contribution in [0.15, 0.2) is 24.8 Å². The number of hydrogen-bond donors (Lipinski definition) is 0. The van der Waals surface area contributed by atoms with Crippen LogP contribution in [0, 0.1) is 0 Å². The molecule has 1 amide bonds. The highest BCUT2D eigenvalue weighted by Crippen LogP contribution is 2.26. The molecule has 8 heteroatoms. The van der Waals surface area contributed by atoms with Gasteiger partial charge in [-0.3, -0.25) is 4.79 Å². The van der Waals surface area contributed by atoms with Crippen LogP contribution in [0.4, 0.5) is 0 Å². The molecule has 1 fully saturated rings. The van der Waals surface area contributed by atoms with Gasteiger partial charge >= 0.3 is 0 Å². The number of carbonyl (C=O) groups is 1. The maximum absolute atomic E-state index is 12.7. The first-order valence-electron chi connectivity index (χ1n) is 6.93. The zero-order valence-electron chi connectivity index (χ0n) is 12.4. The molecular weight excluding hydrogens is 344 g/mol. The minimum absolute atomic E-state index is 0.174. The van der Waals surface area contributed by atoms with E-state index in [1.54, 1.807) is 17.0 Å². The lowest BCUT2D eigenvalue weighted by Gasteiger charge is -2.28. The van der Waals surface area contributed by atoms with Gasteiger partial charge in [0.05, 0.1) is 17.1 Å². The Labute approximate surface area is 140 Å². The zero-order valence-corrected chi connectivity index (χ0v) is 14.8. The van der Waals surface area contributed by atoms with Crippen molar-refractivity contribution in [3.63, 3.8) is 0 Å². The van der Waals surface area contributed by atoms with Gasteiger partial charge in [-0.25, -0.2) is 8.42 Å². The summed E-state index contributed by atoms with van der Waals surface area (Å²) in [6, 6.07) is 3.06. The van der Waals surface area contributed by atoms with Gasteiger partial charge in [-0.1, -0.05) is 17.7 Å². The van der Waals surface area contributed by atoms with Gasteiger partial charge < -0.3 is 4.90 Å². The molecule has 22 heavy (non-hydrogen) atoms. The molecule has 0 aromatic carbocycles. The van der Waals surface area contributed by atoms with E-state index in [-0.39, 0.29) is 5.91 Å². The van der Waals surface area contributed by atoms with Crippen molar-refractivity contribution in [1.82, 2.24) is 9.21 Å². The molecule has 122 valence electrons. The topological polar surface area (TPSA) is 57.7 Å². The van der Waals surface area contributed by atoms with Crippen LogP contribution in [-0.4, -0.2) is 48.9 Å². The van der Waals surface area contributed by atoms with E-state index >= 15 is 0 Å². The molecule has 2 rings (SSSR count). The summed E-state index contributed by atoms with van der Waals surface area (Å²) in [5.74, 6) is -0.174. The van der Waals surface area contributed by atoms with E-state index in [0.717, 1.165) is 11.1 Å². The Bertz CT molecular complexity index is 657. The van der Waals surface area contributed by atoms with Gasteiger partial charge in [0.25, 0.3) is 0 Å². The van der Waals surface area contributed by atoms with Crippen molar-refractivity contribution in [2.45, 2.75) is 25.4 Å². The molecule has 1 aliphatic heterocycles. The smallest absolute Gasteiger partial charge is 0.241 e. The van der Waals surface area contributed by atoms with E-state index < -0.39 is 16.1 Å². The highest BCUT2D eigenvalue weighted by molar-refractivity contribution is 7.88. The summed E-state index contributed by atoms with van der Waals surface area (Å²) in [6.45, 7) is 4.87. The molecule has 5 nitrogen and oxygen atoms in total. The van der Waals surface area contributed by atoms with Gasteiger partial charge in [-0.05, 0) is 25.0 Å². The highest BCUT2D eigenvalue weighted by atomic mass is 35.5. The lowest BCUT2D eigenvalue weighted by atomic mass is 10.2. The van der Waals surface area contributed by atoms with Crippen molar-refractivity contribution >= 4 is 38.9 Å². The van der Waals surface area contributed by atoms with Crippen molar-refractivity contribution < 1.29 is 13.2 Å². The molecule has 0 saturated carbocycles. The number of carbonyl (C=O) groups excluding carboxylic acids is 1. The predicted octanol–water partition coefficient (Wildman–Crippen LogP) is 2.34. The second kappa shape index (κ2) is 7.12. The number of hydrogen-bond acceptors (Lipinski definition) is 4. The molecule has 1 atom stereocenters. The SMILES string of the molecule is C=CCN(Cc1ccc(Cl)s1)C(=O)C1CCCN1S(C)(=O)=O. The van der Waals surface area contributed by atoms with Crippen LogP contribution < -0.4 is 0 Å². The van der Waals surface area contributed by atoms with E-state index in [1.807, 2.05) is 6.07 Å². The number of amides is 1. The molecule has 1 aromatic heterocycles. The summed E-state index contributed by atoms with van der Waals surface area (Å²) >= 11 is 7.33. The minimum atomic E-state index is -3.37. The largest absolute Gasteiger partial charge is 0.332 e. The standard InChI is InChI=1S/C14H19ClN2O3S2/c1-3-8-16(10-11-6-7-13(15)21-11)14(18)12-5-4-9-17(12)22(2,19)20/h3,6-7,12H,1,4-5,8-10H2,2H3. The minimum Gasteiger partial charge on any atom is -0.332 e. The molecule has 0 aliphatic carbocycles. The average molecular weight is 363 g/mol. The first-order chi connectivity index (χ1) is 10.3. The summed E-state index contributed by atoms with van der Waals surface area (Å²) in [7, 11) is -3.37. The van der Waals surface area contributed by atoms with Gasteiger partial charge in [0.2, 0.25) is 15.9 Å². The number of rotatable bonds is 6. The Kier molecular flexibility index (Phi) is 5.65. The van der Waals surface area contributed by atoms with Gasteiger partial charge in [0, 0.05) is 18.0 Å². The number of halogens is 1. The maximum atomic E-state index is 12.7. The van der Waals surface area contributed by atoms with Crippen molar-refractivity contribution in [1.29, 1.82) is 0 Å². The molecule has 1 aliphatic rings. The van der Waals surface area contributed by atoms with E-state index in [1.165, 1.54) is 15.6 Å². The predicted molar refractivity (Wildman–Crippen MR) is 89.5 cm³/mol. The number of thiophene rings is 1. The third kappa shape index (κ3) is 4.10. The van der Waals surface area contributed by atoms with Gasteiger partial charge in [-0.2, -0.15) is 4.31 Å². The fourth-order valence-corrected chi connectivity index (χ4v) is 4.83. The summed E-state index contributed by atoms with van der Waals surface area (Å²) in [5, 5.41) is 0. The quantitative estimate of drug-likeness (QED) is 0.730. The normalized spacial score (nSPS) is 19.3. The molecule has 1 unspecified atom stereocenters. The fraction of sp³-hybridized carbons (Fsp3) is 0.500. The van der Waals surface area contributed by atoms with Crippen LogP contribution in [-0.2, 0) is 21.4 Å². The van der Waals surface area contributed by atoms with Crippen molar-refractivity contribution in [2.24, 2.45) is 0 Å². The third-order valence-electron chi connectivity index (χ3n) is 3.55. The molecule has 1 aromatic rings. The molecule has 0 N–H and O–H groups in total. The third-order valence-corrected chi connectivity index (χ3v) is 6.06. The van der Waals surface area contributed by atoms with Crippen LogP contribution in [0.1, 0.15) is 17.7 Å². The lowest BCUT2D eigenvalue weighted by molar-refractivity contribution is -0.134. The van der Waals surface area contributed by atoms with Gasteiger partial charge in [-0.15, -0.1) is 17.9 Å². The van der Waals surface area contributed by atoms with Crippen LogP contribution in [0.2, 0.25) is 4.34 Å². The lowest BCUT2D eigenvalue weighted by Crippen LogP contribution is -2.47. The van der Waals surface area contributed by atoms with E-state index in [9.17, 15) is 13.2 Å². The average Bonchev–Trinajstić information content (AvgIpc) is 3.05. The Hall–Kier alpha value is -0.890. The van der Waals surface area contributed by atoms with Crippen molar-refractivity contribution in [3.8, 4) is 0 Å². The summed E-state index contributed by atoms with van der Waals surface area (Å²) < 4.78 is 25.6. The first kappa shape index (κ1) is 17.5. The molecule has 1 saturated heterocycles. The number of nitrogens with zero attached hydrogens (tertiary/aromatic N) is 2. The van der Waals surface area contributed by atoms with E-state index in [0.29, 0.717) is 36.8 Å². The van der Waals surface area contributed by atoms with Gasteiger partial charge in [0.15, 0.2) is 0 Å². The Balaban J connectivity index is 2.17. The van der Waals surface area contributed by atoms with Crippen molar-refractivity contribution in [3.05, 3.63) is 34.0 Å². The van der Waals surface area contributed by atoms with Crippen LogP contribution in [0.25, 0.3) is 0 Å². The van der Waals surface area contributed by atoms with Crippen LogP contribution >= 0.6 is 22.9 Å². The fourth-order valence-electron chi connectivity index (χ4n) is 2.61. The van der Waals surface area contributed by atoms with E-state index in [4.69, 9.17) is 11.6 Å². The van der Waals surface area contributed by atoms with Crippen LogP contribution in [0.5, 0.6) is 0 Å². The zero-order chi connectivity index (χ0) is 16.3. The van der Waals surface area contributed by atoms with E-state index in [2.05, 4.69) is 6.58 Å². The highest BCUT2D eigenvalue weighted by Gasteiger charge is 2.38. The molecule has 0 bridgehead atoms. The molecular formula is C14H19ClN2O3S2. The molecule has 0 radical (unpaired) electrons. The van der Waals surface area contributed by atoms with Gasteiger partial charge in [0.1, 0.15) is 6.04 Å². The summed E-state index contributed by atoms with van der Waals surface area (Å²) in [5.41, 5.74) is 0. The summed E-state index contributed by atoms with van der Waals surface area (Å²) in [4.78, 5) is 15.3. The Morgan fingerprint density at radius 1 is 1.59 bits per heavy atom. The van der Waals surface area contributed by atoms with Crippen LogP contribution in [0.3, 0.4) is 0 Å². The Morgan fingerprint density at radius 2 is 2.32 bits per heavy atom.